The van der Waals surface area contributed by atoms with Crippen molar-refractivity contribution >= 4 is 46.0 Å². The van der Waals surface area contributed by atoms with Crippen LogP contribution in [-0.4, -0.2) is 47.4 Å². The fourth-order valence-corrected chi connectivity index (χ4v) is 4.70. The van der Waals surface area contributed by atoms with Crippen molar-refractivity contribution < 1.29 is 14.3 Å². The van der Waals surface area contributed by atoms with Gasteiger partial charge in [-0.15, -0.1) is 11.8 Å². The zero-order chi connectivity index (χ0) is 24.1. The van der Waals surface area contributed by atoms with E-state index < -0.39 is 5.69 Å². The molecular weight excluding hydrogens is 452 g/mol. The molecule has 178 valence electrons. The molecule has 1 aromatic heterocycles. The number of benzene rings is 2. The van der Waals surface area contributed by atoms with Crippen LogP contribution in [0.5, 0.6) is 0 Å². The van der Waals surface area contributed by atoms with E-state index in [0.29, 0.717) is 49.6 Å². The van der Waals surface area contributed by atoms with Gasteiger partial charge in [0.05, 0.1) is 18.0 Å². The number of amides is 1. The van der Waals surface area contributed by atoms with Crippen molar-refractivity contribution in [1.29, 1.82) is 0 Å². The molecule has 0 unspecified atom stereocenters. The van der Waals surface area contributed by atoms with Gasteiger partial charge < -0.3 is 15.0 Å². The zero-order valence-electron chi connectivity index (χ0n) is 19.3. The standard InChI is InChI=1S/C25H28N4O4S/c1-3-33-24(31)17-11-13-28(14-12-17)23-20-9-4-5-10-21(20)29(25(32)27-23)16-22(30)26-18-7-6-8-19(15-18)34-2/h4-10,15,17H,3,11-14,16H2,1-2H3,(H,26,30). The highest BCUT2D eigenvalue weighted by Crippen LogP contribution is 2.28. The Morgan fingerprint density at radius 2 is 1.91 bits per heavy atom. The number of hydrogen-bond acceptors (Lipinski definition) is 7. The van der Waals surface area contributed by atoms with Crippen LogP contribution in [0.25, 0.3) is 10.9 Å². The van der Waals surface area contributed by atoms with Gasteiger partial charge in [-0.2, -0.15) is 4.98 Å². The molecule has 0 atom stereocenters. The van der Waals surface area contributed by atoms with Gasteiger partial charge in [-0.05, 0) is 56.4 Å². The monoisotopic (exact) mass is 480 g/mol. The lowest BCUT2D eigenvalue weighted by atomic mass is 9.97. The summed E-state index contributed by atoms with van der Waals surface area (Å²) in [6.45, 7) is 3.26. The number of ether oxygens (including phenoxy) is 1. The predicted octanol–water partition coefficient (Wildman–Crippen LogP) is 3.54. The average Bonchev–Trinajstić information content (AvgIpc) is 2.86. The highest BCUT2D eigenvalue weighted by atomic mass is 32.2. The van der Waals surface area contributed by atoms with E-state index in [1.165, 1.54) is 4.57 Å². The molecule has 0 radical (unpaired) electrons. The molecule has 34 heavy (non-hydrogen) atoms. The van der Waals surface area contributed by atoms with E-state index in [0.717, 1.165) is 10.3 Å². The van der Waals surface area contributed by atoms with Crippen LogP contribution in [0.15, 0.2) is 58.2 Å². The molecule has 0 saturated carbocycles. The Morgan fingerprint density at radius 1 is 1.15 bits per heavy atom. The number of nitrogens with zero attached hydrogens (tertiary/aromatic N) is 3. The van der Waals surface area contributed by atoms with Gasteiger partial charge in [-0.1, -0.05) is 18.2 Å². The molecule has 1 aliphatic rings. The van der Waals surface area contributed by atoms with E-state index in [-0.39, 0.29) is 24.3 Å². The van der Waals surface area contributed by atoms with Crippen LogP contribution < -0.4 is 15.9 Å². The molecule has 2 heterocycles. The minimum Gasteiger partial charge on any atom is -0.466 e. The van der Waals surface area contributed by atoms with Crippen LogP contribution in [-0.2, 0) is 20.9 Å². The number of anilines is 2. The van der Waals surface area contributed by atoms with E-state index in [1.807, 2.05) is 59.7 Å². The first-order valence-electron chi connectivity index (χ1n) is 11.3. The Labute approximate surface area is 202 Å². The minimum atomic E-state index is -0.478. The predicted molar refractivity (Wildman–Crippen MR) is 134 cm³/mol. The fourth-order valence-electron chi connectivity index (χ4n) is 4.24. The second-order valence-corrected chi connectivity index (χ2v) is 8.99. The zero-order valence-corrected chi connectivity index (χ0v) is 20.1. The first kappa shape index (κ1) is 23.8. The van der Waals surface area contributed by atoms with Crippen LogP contribution in [0.2, 0.25) is 0 Å². The number of fused-ring (bicyclic) bond motifs is 1. The van der Waals surface area contributed by atoms with Crippen LogP contribution in [0.3, 0.4) is 0 Å². The largest absolute Gasteiger partial charge is 0.466 e. The fraction of sp³-hybridized carbons (Fsp3) is 0.360. The number of thioether (sulfide) groups is 1. The second-order valence-electron chi connectivity index (χ2n) is 8.11. The van der Waals surface area contributed by atoms with Crippen molar-refractivity contribution in [3.8, 4) is 0 Å². The van der Waals surface area contributed by atoms with E-state index in [1.54, 1.807) is 18.7 Å². The lowest BCUT2D eigenvalue weighted by Crippen LogP contribution is -2.39. The highest BCUT2D eigenvalue weighted by Gasteiger charge is 2.28. The number of rotatable bonds is 7. The maximum Gasteiger partial charge on any atom is 0.350 e. The number of carbonyl (C=O) groups is 2. The maximum absolute atomic E-state index is 13.0. The van der Waals surface area contributed by atoms with E-state index in [9.17, 15) is 14.4 Å². The Kier molecular flexibility index (Phi) is 7.52. The third-order valence-corrected chi connectivity index (χ3v) is 6.66. The van der Waals surface area contributed by atoms with Gasteiger partial charge in [0.15, 0.2) is 0 Å². The number of esters is 1. The van der Waals surface area contributed by atoms with Crippen LogP contribution in [0.4, 0.5) is 11.5 Å². The molecule has 0 bridgehead atoms. The Hall–Kier alpha value is -3.33. The van der Waals surface area contributed by atoms with Gasteiger partial charge >= 0.3 is 11.7 Å². The topological polar surface area (TPSA) is 93.5 Å². The summed E-state index contributed by atoms with van der Waals surface area (Å²) in [5.74, 6) is 0.00292. The first-order chi connectivity index (χ1) is 16.5. The molecule has 1 N–H and O–H groups in total. The summed E-state index contributed by atoms with van der Waals surface area (Å²) in [4.78, 5) is 45.3. The van der Waals surface area contributed by atoms with Crippen molar-refractivity contribution in [1.82, 2.24) is 9.55 Å². The molecule has 0 spiro atoms. The lowest BCUT2D eigenvalue weighted by Gasteiger charge is -2.32. The van der Waals surface area contributed by atoms with E-state index in [4.69, 9.17) is 4.74 Å². The molecule has 2 aromatic carbocycles. The summed E-state index contributed by atoms with van der Waals surface area (Å²) < 4.78 is 6.56. The van der Waals surface area contributed by atoms with Gasteiger partial charge in [-0.3, -0.25) is 14.2 Å². The number of carbonyl (C=O) groups excluding carboxylic acids is 2. The lowest BCUT2D eigenvalue weighted by molar-refractivity contribution is -0.148. The quantitative estimate of drug-likeness (QED) is 0.408. The van der Waals surface area contributed by atoms with Gasteiger partial charge in [-0.25, -0.2) is 4.79 Å². The summed E-state index contributed by atoms with van der Waals surface area (Å²) in [6.07, 6.45) is 3.27. The van der Waals surface area contributed by atoms with Crippen molar-refractivity contribution in [3.63, 3.8) is 0 Å². The van der Waals surface area contributed by atoms with Gasteiger partial charge in [0.25, 0.3) is 0 Å². The third-order valence-electron chi connectivity index (χ3n) is 5.94. The van der Waals surface area contributed by atoms with Crippen molar-refractivity contribution in [3.05, 3.63) is 59.0 Å². The Morgan fingerprint density at radius 3 is 2.65 bits per heavy atom. The van der Waals surface area contributed by atoms with Crippen LogP contribution in [0, 0.1) is 5.92 Å². The van der Waals surface area contributed by atoms with E-state index >= 15 is 0 Å². The first-order valence-corrected chi connectivity index (χ1v) is 12.6. The number of piperidine rings is 1. The van der Waals surface area contributed by atoms with Gasteiger partial charge in [0.2, 0.25) is 5.91 Å². The Balaban J connectivity index is 1.56. The molecule has 8 nitrogen and oxygen atoms in total. The number of para-hydroxylation sites is 1. The number of hydrogen-bond donors (Lipinski definition) is 1. The Bertz CT molecular complexity index is 1250. The summed E-state index contributed by atoms with van der Waals surface area (Å²) in [7, 11) is 0. The summed E-state index contributed by atoms with van der Waals surface area (Å²) in [5.41, 5.74) is 0.857. The number of nitrogens with one attached hydrogen (secondary N) is 1. The SMILES string of the molecule is CCOC(=O)C1CCN(c2nc(=O)n(CC(=O)Nc3cccc(SC)c3)c3ccccc23)CC1. The molecule has 1 aliphatic heterocycles. The molecule has 4 rings (SSSR count). The average molecular weight is 481 g/mol. The molecule has 1 amide bonds. The summed E-state index contributed by atoms with van der Waals surface area (Å²) in [6, 6.07) is 15.0. The van der Waals surface area contributed by atoms with Crippen LogP contribution in [0.1, 0.15) is 19.8 Å². The van der Waals surface area contributed by atoms with E-state index in [2.05, 4.69) is 10.3 Å². The molecular formula is C25H28N4O4S. The molecule has 1 saturated heterocycles. The molecule has 9 heteroatoms. The molecule has 0 aliphatic carbocycles. The third kappa shape index (κ3) is 5.25. The van der Waals surface area contributed by atoms with Crippen molar-refractivity contribution in [2.75, 3.05) is 36.2 Å². The summed E-state index contributed by atoms with van der Waals surface area (Å²) in [5, 5.41) is 3.67. The van der Waals surface area contributed by atoms with Crippen molar-refractivity contribution in [2.45, 2.75) is 31.2 Å². The maximum atomic E-state index is 13.0. The second kappa shape index (κ2) is 10.7. The molecule has 1 fully saturated rings. The summed E-state index contributed by atoms with van der Waals surface area (Å²) >= 11 is 1.59. The van der Waals surface area contributed by atoms with Gasteiger partial charge in [0.1, 0.15) is 12.4 Å². The van der Waals surface area contributed by atoms with Crippen molar-refractivity contribution in [2.24, 2.45) is 5.92 Å². The van der Waals surface area contributed by atoms with Gasteiger partial charge in [0, 0.05) is 29.1 Å². The minimum absolute atomic E-state index is 0.129. The molecule has 3 aromatic rings. The normalized spacial score (nSPS) is 14.2. The highest BCUT2D eigenvalue weighted by molar-refractivity contribution is 7.98. The van der Waals surface area contributed by atoms with Crippen LogP contribution >= 0.6 is 11.8 Å². The number of aromatic nitrogens is 2. The smallest absolute Gasteiger partial charge is 0.350 e.